The van der Waals surface area contributed by atoms with E-state index < -0.39 is 97.5 Å². The van der Waals surface area contributed by atoms with Gasteiger partial charge in [0.05, 0.1) is 26.4 Å². The van der Waals surface area contributed by atoms with Crippen molar-refractivity contribution >= 4 is 39.5 Å². The van der Waals surface area contributed by atoms with Crippen molar-refractivity contribution in [3.8, 4) is 0 Å². The van der Waals surface area contributed by atoms with Crippen LogP contribution in [0.2, 0.25) is 0 Å². The second kappa shape index (κ2) is 60.3. The van der Waals surface area contributed by atoms with Gasteiger partial charge in [0.25, 0.3) is 0 Å². The molecule has 0 heterocycles. The van der Waals surface area contributed by atoms with Gasteiger partial charge in [-0.1, -0.05) is 292 Å². The minimum absolute atomic E-state index is 0.102. The Hall–Kier alpha value is -1.94. The summed E-state index contributed by atoms with van der Waals surface area (Å²) in [6.45, 7) is 9.44. The number of carbonyl (C=O) groups is 4. The normalized spacial score (nSPS) is 14.2. The SMILES string of the molecule is CCCCCCCCCCCCCCCC(=O)OC[C@H](COP(=O)(O)OC[C@@H](O)COP(=O)(O)OC[C@@H](COC(=O)CCCCCCCCCC)OC(=O)CCCCCCCCC(C)C)OC(=O)CCCCCCCCCCCCCCCCC(C)C. The predicted octanol–water partition coefficient (Wildman–Crippen LogP) is 19.2. The molecule has 0 amide bonds. The third-order valence-corrected chi connectivity index (χ3v) is 17.6. The number of carbonyl (C=O) groups excluding carboxylic acids is 4. The van der Waals surface area contributed by atoms with Crippen LogP contribution in [-0.2, 0) is 65.4 Å². The lowest BCUT2D eigenvalue weighted by molar-refractivity contribution is -0.161. The molecule has 0 saturated heterocycles. The average Bonchev–Trinajstić information content (AvgIpc) is 3.62. The van der Waals surface area contributed by atoms with E-state index in [0.717, 1.165) is 102 Å². The van der Waals surface area contributed by atoms with Crippen molar-refractivity contribution in [2.75, 3.05) is 39.6 Å². The molecule has 19 heteroatoms. The van der Waals surface area contributed by atoms with Crippen molar-refractivity contribution in [3.05, 3.63) is 0 Å². The van der Waals surface area contributed by atoms with Crippen LogP contribution in [-0.4, -0.2) is 96.7 Å². The van der Waals surface area contributed by atoms with E-state index in [4.69, 9.17) is 37.0 Å². The summed E-state index contributed by atoms with van der Waals surface area (Å²) in [5.74, 6) is -0.668. The molecule has 0 bridgehead atoms. The van der Waals surface area contributed by atoms with Crippen LogP contribution in [0.25, 0.3) is 0 Å². The molecule has 0 spiro atoms. The number of rotatable bonds is 67. The molecule has 0 saturated carbocycles. The van der Waals surface area contributed by atoms with Crippen molar-refractivity contribution < 1.29 is 80.2 Å². The van der Waals surface area contributed by atoms with Gasteiger partial charge in [-0.3, -0.25) is 37.3 Å². The van der Waals surface area contributed by atoms with Gasteiger partial charge in [-0.2, -0.15) is 0 Å². The standard InChI is InChI=1S/C68H132O17P2/c1-7-9-11-13-15-17-18-21-25-28-32-39-45-51-66(71)79-56-63(84-67(72)52-46-40-33-29-26-23-20-19-22-24-27-30-36-42-48-60(3)4)58-82-86(74,75)80-54-62(69)55-81-87(76,77)83-59-64(57-78-65(70)50-44-38-31-16-14-12-10-8-2)85-68(73)53-47-41-35-34-37-43-49-61(5)6/h60-64,69H,7-59H2,1-6H3,(H,74,75)(H,76,77)/t62-,63-,64-/m1/s1. The first-order valence-electron chi connectivity index (χ1n) is 35.5. The Kier molecular flexibility index (Phi) is 59.0. The van der Waals surface area contributed by atoms with Crippen molar-refractivity contribution in [1.29, 1.82) is 0 Å². The second-order valence-corrected chi connectivity index (χ2v) is 28.4. The lowest BCUT2D eigenvalue weighted by Crippen LogP contribution is -2.30. The number of phosphoric ester groups is 2. The van der Waals surface area contributed by atoms with Crippen molar-refractivity contribution in [3.63, 3.8) is 0 Å². The molecule has 516 valence electrons. The summed E-state index contributed by atoms with van der Waals surface area (Å²) in [6, 6.07) is 0. The summed E-state index contributed by atoms with van der Waals surface area (Å²) in [5.41, 5.74) is 0. The monoisotopic (exact) mass is 1280 g/mol. The summed E-state index contributed by atoms with van der Waals surface area (Å²) in [5, 5.41) is 10.6. The quantitative estimate of drug-likeness (QED) is 0.0222. The zero-order chi connectivity index (χ0) is 64.3. The highest BCUT2D eigenvalue weighted by Crippen LogP contribution is 2.45. The molecule has 0 aromatic carbocycles. The third kappa shape index (κ3) is 62.6. The van der Waals surface area contributed by atoms with Crippen LogP contribution in [0.15, 0.2) is 0 Å². The highest BCUT2D eigenvalue weighted by molar-refractivity contribution is 7.47. The van der Waals surface area contributed by atoms with Crippen molar-refractivity contribution in [2.45, 2.75) is 362 Å². The maximum atomic E-state index is 13.0. The van der Waals surface area contributed by atoms with E-state index in [2.05, 4.69) is 41.5 Å². The Bertz CT molecular complexity index is 1700. The highest BCUT2D eigenvalue weighted by Gasteiger charge is 2.30. The van der Waals surface area contributed by atoms with E-state index in [-0.39, 0.29) is 25.7 Å². The summed E-state index contributed by atoms with van der Waals surface area (Å²) in [6.07, 6.45) is 44.6. The third-order valence-electron chi connectivity index (χ3n) is 15.7. The average molecular weight is 1280 g/mol. The van der Waals surface area contributed by atoms with E-state index >= 15 is 0 Å². The maximum absolute atomic E-state index is 13.0. The predicted molar refractivity (Wildman–Crippen MR) is 349 cm³/mol. The van der Waals surface area contributed by atoms with E-state index in [1.54, 1.807) is 0 Å². The first kappa shape index (κ1) is 85.1. The Morgan fingerprint density at radius 3 is 0.782 bits per heavy atom. The summed E-state index contributed by atoms with van der Waals surface area (Å²) >= 11 is 0. The number of hydrogen-bond acceptors (Lipinski definition) is 15. The van der Waals surface area contributed by atoms with Crippen LogP contribution in [0, 0.1) is 11.8 Å². The Morgan fingerprint density at radius 1 is 0.310 bits per heavy atom. The largest absolute Gasteiger partial charge is 0.472 e. The zero-order valence-electron chi connectivity index (χ0n) is 56.3. The Morgan fingerprint density at radius 2 is 0.529 bits per heavy atom. The molecule has 2 unspecified atom stereocenters. The molecule has 0 radical (unpaired) electrons. The molecule has 0 aromatic rings. The molecule has 0 rings (SSSR count). The summed E-state index contributed by atoms with van der Waals surface area (Å²) in [4.78, 5) is 72.3. The van der Waals surface area contributed by atoms with E-state index in [0.29, 0.717) is 31.6 Å². The van der Waals surface area contributed by atoms with Crippen molar-refractivity contribution in [1.82, 2.24) is 0 Å². The van der Waals surface area contributed by atoms with Gasteiger partial charge in [0.15, 0.2) is 12.2 Å². The first-order valence-corrected chi connectivity index (χ1v) is 38.5. The van der Waals surface area contributed by atoms with Crippen LogP contribution in [0.3, 0.4) is 0 Å². The molecule has 0 aromatic heterocycles. The van der Waals surface area contributed by atoms with Gasteiger partial charge < -0.3 is 33.8 Å². The fraction of sp³-hybridized carbons (Fsp3) is 0.941. The number of aliphatic hydroxyl groups is 1. The molecule has 17 nitrogen and oxygen atoms in total. The summed E-state index contributed by atoms with van der Waals surface area (Å²) in [7, 11) is -9.89. The van der Waals surface area contributed by atoms with Gasteiger partial charge >= 0.3 is 39.5 Å². The molecule has 0 fully saturated rings. The molecule has 5 atom stereocenters. The number of phosphoric acid groups is 2. The topological polar surface area (TPSA) is 237 Å². The smallest absolute Gasteiger partial charge is 0.462 e. The van der Waals surface area contributed by atoms with Crippen LogP contribution in [0.1, 0.15) is 343 Å². The fourth-order valence-electron chi connectivity index (χ4n) is 10.2. The van der Waals surface area contributed by atoms with E-state index in [1.165, 1.54) is 154 Å². The molecule has 0 aliphatic carbocycles. The molecule has 0 aliphatic rings. The lowest BCUT2D eigenvalue weighted by atomic mass is 10.0. The molecular weight excluding hydrogens is 1150 g/mol. The van der Waals surface area contributed by atoms with Crippen LogP contribution in [0.4, 0.5) is 0 Å². The van der Waals surface area contributed by atoms with Gasteiger partial charge in [-0.25, -0.2) is 9.13 Å². The molecule has 87 heavy (non-hydrogen) atoms. The maximum Gasteiger partial charge on any atom is 0.472 e. The Labute approximate surface area is 530 Å². The van der Waals surface area contributed by atoms with Gasteiger partial charge in [0, 0.05) is 25.7 Å². The Balaban J connectivity index is 5.20. The van der Waals surface area contributed by atoms with Crippen LogP contribution >= 0.6 is 15.6 Å². The zero-order valence-corrected chi connectivity index (χ0v) is 58.1. The summed E-state index contributed by atoms with van der Waals surface area (Å²) < 4.78 is 68.1. The van der Waals surface area contributed by atoms with Gasteiger partial charge in [0.2, 0.25) is 0 Å². The van der Waals surface area contributed by atoms with Gasteiger partial charge in [-0.05, 0) is 37.5 Å². The number of unbranched alkanes of at least 4 members (excludes halogenated alkanes) is 37. The van der Waals surface area contributed by atoms with Crippen molar-refractivity contribution in [2.24, 2.45) is 11.8 Å². The highest BCUT2D eigenvalue weighted by atomic mass is 31.2. The van der Waals surface area contributed by atoms with Crippen LogP contribution < -0.4 is 0 Å². The van der Waals surface area contributed by atoms with Gasteiger partial charge in [0.1, 0.15) is 19.3 Å². The molecular formula is C68H132O17P2. The molecule has 3 N–H and O–H groups in total. The number of hydrogen-bond donors (Lipinski definition) is 3. The van der Waals surface area contributed by atoms with E-state index in [1.807, 2.05) is 0 Å². The van der Waals surface area contributed by atoms with E-state index in [9.17, 15) is 43.2 Å². The fourth-order valence-corrected chi connectivity index (χ4v) is 11.8. The lowest BCUT2D eigenvalue weighted by Gasteiger charge is -2.21. The minimum atomic E-state index is -4.95. The van der Waals surface area contributed by atoms with Crippen LogP contribution in [0.5, 0.6) is 0 Å². The molecule has 0 aliphatic heterocycles. The van der Waals surface area contributed by atoms with Gasteiger partial charge in [-0.15, -0.1) is 0 Å². The first-order chi connectivity index (χ1) is 41.9. The number of aliphatic hydroxyl groups excluding tert-OH is 1. The minimum Gasteiger partial charge on any atom is -0.462 e. The number of esters is 4. The second-order valence-electron chi connectivity index (χ2n) is 25.5. The number of ether oxygens (including phenoxy) is 4.